The van der Waals surface area contributed by atoms with Crippen molar-refractivity contribution in [1.29, 1.82) is 0 Å². The van der Waals surface area contributed by atoms with Crippen molar-refractivity contribution in [2.75, 3.05) is 0 Å². The van der Waals surface area contributed by atoms with E-state index >= 15 is 0 Å². The Hall–Kier alpha value is -1.84. The molecule has 0 aliphatic rings. The van der Waals surface area contributed by atoms with Crippen LogP contribution < -0.4 is 0 Å². The van der Waals surface area contributed by atoms with Crippen LogP contribution in [0.2, 0.25) is 0 Å². The van der Waals surface area contributed by atoms with E-state index in [2.05, 4.69) is 50.3 Å². The minimum Gasteiger partial charge on any atom is -0.481 e. The van der Waals surface area contributed by atoms with Gasteiger partial charge in [0.15, 0.2) is 0 Å². The number of carboxylic acid groups (broad SMARTS) is 1. The van der Waals surface area contributed by atoms with Crippen LogP contribution in [0.5, 0.6) is 0 Å². The van der Waals surface area contributed by atoms with Gasteiger partial charge in [-0.15, -0.1) is 0 Å². The highest BCUT2D eigenvalue weighted by Gasteiger charge is 2.13. The molecule has 268 valence electrons. The number of rotatable bonds is 36. The van der Waals surface area contributed by atoms with Crippen LogP contribution in [-0.2, 0) is 14.3 Å². The fourth-order valence-electron chi connectivity index (χ4n) is 5.91. The highest BCUT2D eigenvalue weighted by Crippen LogP contribution is 2.17. The van der Waals surface area contributed by atoms with Crippen molar-refractivity contribution in [1.82, 2.24) is 0 Å². The summed E-state index contributed by atoms with van der Waals surface area (Å²) in [7, 11) is 0. The van der Waals surface area contributed by atoms with Gasteiger partial charge < -0.3 is 9.84 Å². The van der Waals surface area contributed by atoms with Gasteiger partial charge in [-0.3, -0.25) is 9.59 Å². The second kappa shape index (κ2) is 37.6. The van der Waals surface area contributed by atoms with E-state index in [1.807, 2.05) is 0 Å². The van der Waals surface area contributed by atoms with E-state index in [1.165, 1.54) is 128 Å². The molecular formula is C42H76O4. The first-order chi connectivity index (χ1) is 22.6. The summed E-state index contributed by atoms with van der Waals surface area (Å²) in [5.74, 6) is -0.665. The van der Waals surface area contributed by atoms with Gasteiger partial charge in [0.25, 0.3) is 0 Å². The van der Waals surface area contributed by atoms with Crippen molar-refractivity contribution in [3.8, 4) is 0 Å². The molecule has 0 aliphatic carbocycles. The van der Waals surface area contributed by atoms with Crippen LogP contribution in [0.3, 0.4) is 0 Å². The van der Waals surface area contributed by atoms with Gasteiger partial charge in [-0.25, -0.2) is 0 Å². The van der Waals surface area contributed by atoms with Crippen LogP contribution in [0.4, 0.5) is 0 Å². The molecule has 0 aromatic rings. The second-order valence-electron chi connectivity index (χ2n) is 13.5. The molecule has 0 radical (unpaired) electrons. The topological polar surface area (TPSA) is 63.6 Å². The number of carboxylic acids is 1. The van der Waals surface area contributed by atoms with Crippen LogP contribution >= 0.6 is 0 Å². The predicted molar refractivity (Wildman–Crippen MR) is 199 cm³/mol. The largest absolute Gasteiger partial charge is 0.481 e. The monoisotopic (exact) mass is 645 g/mol. The third-order valence-electron chi connectivity index (χ3n) is 8.82. The molecule has 1 unspecified atom stereocenters. The summed E-state index contributed by atoms with van der Waals surface area (Å²) in [6.45, 7) is 4.43. The normalized spacial score (nSPS) is 12.6. The van der Waals surface area contributed by atoms with Gasteiger partial charge in [-0.2, -0.15) is 0 Å². The van der Waals surface area contributed by atoms with Crippen molar-refractivity contribution in [2.45, 2.75) is 219 Å². The molecule has 0 bridgehead atoms. The zero-order valence-corrected chi connectivity index (χ0v) is 30.6. The Balaban J connectivity index is 3.57. The maximum atomic E-state index is 12.4. The van der Waals surface area contributed by atoms with Gasteiger partial charge in [0, 0.05) is 12.8 Å². The number of esters is 1. The van der Waals surface area contributed by atoms with Crippen LogP contribution in [0.15, 0.2) is 36.5 Å². The predicted octanol–water partition coefficient (Wildman–Crippen LogP) is 13.8. The van der Waals surface area contributed by atoms with Gasteiger partial charge in [0.1, 0.15) is 6.10 Å². The third-order valence-corrected chi connectivity index (χ3v) is 8.82. The first-order valence-electron chi connectivity index (χ1n) is 20.0. The number of carbonyl (C=O) groups is 2. The highest BCUT2D eigenvalue weighted by atomic mass is 16.5. The molecule has 4 heteroatoms. The maximum Gasteiger partial charge on any atom is 0.306 e. The number of carbonyl (C=O) groups excluding carboxylic acids is 1. The number of ether oxygens (including phenoxy) is 1. The van der Waals surface area contributed by atoms with Crippen LogP contribution in [-0.4, -0.2) is 23.1 Å². The summed E-state index contributed by atoms with van der Waals surface area (Å²) in [6, 6.07) is 0. The fraction of sp³-hybridized carbons (Fsp3) is 0.810. The van der Waals surface area contributed by atoms with Gasteiger partial charge in [0.2, 0.25) is 0 Å². The molecule has 0 spiro atoms. The van der Waals surface area contributed by atoms with E-state index < -0.39 is 5.97 Å². The SMILES string of the molecule is CCCCC/C=C\C/C=C\CCCC/C=C\CCCCCCCC(=O)OC(CCC)CCCCCCCCCCCCCC(=O)O. The van der Waals surface area contributed by atoms with E-state index in [0.29, 0.717) is 12.8 Å². The Kier molecular flexibility index (Phi) is 36.1. The first kappa shape index (κ1) is 44.2. The number of allylic oxidation sites excluding steroid dienone is 6. The Morgan fingerprint density at radius 2 is 0.891 bits per heavy atom. The maximum absolute atomic E-state index is 12.4. The number of hydrogen-bond acceptors (Lipinski definition) is 3. The molecule has 0 saturated carbocycles. The molecule has 0 heterocycles. The van der Waals surface area contributed by atoms with Crippen molar-refractivity contribution >= 4 is 11.9 Å². The van der Waals surface area contributed by atoms with E-state index in [1.54, 1.807) is 0 Å². The standard InChI is InChI=1S/C42H76O4/c1-3-5-6-7-8-9-10-11-12-13-14-15-16-17-18-19-23-26-29-32-35-39-42(45)46-40(36-4-2)37-33-30-27-24-21-20-22-25-28-31-34-38-41(43)44/h8-9,11-12,17-18,40H,3-7,10,13-16,19-39H2,1-2H3,(H,43,44)/b9-8-,12-11-,18-17-. The van der Waals surface area contributed by atoms with E-state index in [0.717, 1.165) is 57.8 Å². The van der Waals surface area contributed by atoms with Crippen molar-refractivity contribution in [3.05, 3.63) is 36.5 Å². The molecule has 46 heavy (non-hydrogen) atoms. The highest BCUT2D eigenvalue weighted by molar-refractivity contribution is 5.69. The second-order valence-corrected chi connectivity index (χ2v) is 13.5. The zero-order chi connectivity index (χ0) is 33.6. The lowest BCUT2D eigenvalue weighted by Gasteiger charge is -2.17. The average Bonchev–Trinajstić information content (AvgIpc) is 3.03. The molecule has 0 aromatic heterocycles. The number of aliphatic carboxylic acids is 1. The Morgan fingerprint density at radius 3 is 1.39 bits per heavy atom. The molecule has 1 N–H and O–H groups in total. The summed E-state index contributed by atoms with van der Waals surface area (Å²) in [5.41, 5.74) is 0. The van der Waals surface area contributed by atoms with Crippen molar-refractivity contribution < 1.29 is 19.4 Å². The summed E-state index contributed by atoms with van der Waals surface area (Å²) >= 11 is 0. The lowest BCUT2D eigenvalue weighted by atomic mass is 10.0. The van der Waals surface area contributed by atoms with Crippen LogP contribution in [0, 0.1) is 0 Å². The molecule has 4 nitrogen and oxygen atoms in total. The molecule has 1 atom stereocenters. The quantitative estimate of drug-likeness (QED) is 0.0419. The van der Waals surface area contributed by atoms with Gasteiger partial charge >= 0.3 is 11.9 Å². The van der Waals surface area contributed by atoms with E-state index in [4.69, 9.17) is 9.84 Å². The Bertz CT molecular complexity index is 738. The van der Waals surface area contributed by atoms with Gasteiger partial charge in [0.05, 0.1) is 0 Å². The Labute approximate surface area is 286 Å². The molecular weight excluding hydrogens is 568 g/mol. The molecule has 0 aromatic carbocycles. The fourth-order valence-corrected chi connectivity index (χ4v) is 5.91. The lowest BCUT2D eigenvalue weighted by molar-refractivity contribution is -0.150. The number of hydrogen-bond donors (Lipinski definition) is 1. The average molecular weight is 645 g/mol. The minimum absolute atomic E-state index is 0.00877. The summed E-state index contributed by atoms with van der Waals surface area (Å²) in [6.07, 6.45) is 49.4. The van der Waals surface area contributed by atoms with Crippen LogP contribution in [0.1, 0.15) is 213 Å². The molecule has 0 amide bonds. The van der Waals surface area contributed by atoms with Gasteiger partial charge in [-0.1, -0.05) is 147 Å². The summed E-state index contributed by atoms with van der Waals surface area (Å²) in [5, 5.41) is 8.67. The van der Waals surface area contributed by atoms with Gasteiger partial charge in [-0.05, 0) is 89.9 Å². The van der Waals surface area contributed by atoms with E-state index in [-0.39, 0.29) is 12.1 Å². The third kappa shape index (κ3) is 36.6. The van der Waals surface area contributed by atoms with Crippen LogP contribution in [0.25, 0.3) is 0 Å². The summed E-state index contributed by atoms with van der Waals surface area (Å²) < 4.78 is 5.86. The molecule has 0 fully saturated rings. The number of unbranched alkanes of at least 4 members (excludes halogenated alkanes) is 21. The van der Waals surface area contributed by atoms with Crippen molar-refractivity contribution in [3.63, 3.8) is 0 Å². The summed E-state index contributed by atoms with van der Waals surface area (Å²) in [4.78, 5) is 22.9. The van der Waals surface area contributed by atoms with Crippen molar-refractivity contribution in [2.24, 2.45) is 0 Å². The lowest BCUT2D eigenvalue weighted by Crippen LogP contribution is -2.18. The first-order valence-corrected chi connectivity index (χ1v) is 20.0. The van der Waals surface area contributed by atoms with E-state index in [9.17, 15) is 9.59 Å². The Morgan fingerprint density at radius 1 is 0.478 bits per heavy atom. The molecule has 0 saturated heterocycles. The smallest absolute Gasteiger partial charge is 0.306 e. The molecule has 0 rings (SSSR count). The minimum atomic E-state index is -0.674. The zero-order valence-electron chi connectivity index (χ0n) is 30.6. The molecule has 0 aliphatic heterocycles.